The molecule has 3 rings (SSSR count). The average Bonchev–Trinajstić information content (AvgIpc) is 2.64. The summed E-state index contributed by atoms with van der Waals surface area (Å²) >= 11 is 1.73. The molecule has 0 aliphatic heterocycles. The highest BCUT2D eigenvalue weighted by Gasteiger charge is 2.07. The van der Waals surface area contributed by atoms with E-state index in [2.05, 4.69) is 15.8 Å². The van der Waals surface area contributed by atoms with E-state index in [1.54, 1.807) is 17.6 Å². The van der Waals surface area contributed by atoms with Gasteiger partial charge in [-0.25, -0.2) is 0 Å². The zero-order chi connectivity index (χ0) is 7.97. The summed E-state index contributed by atoms with van der Waals surface area (Å²) < 4.78 is 7.35. The molecular formula is C9H6NOS+. The van der Waals surface area contributed by atoms with Gasteiger partial charge in [0.1, 0.15) is 0 Å². The lowest BCUT2D eigenvalue weighted by Gasteiger charge is -1.82. The Labute approximate surface area is 72.7 Å². The summed E-state index contributed by atoms with van der Waals surface area (Å²) in [5.74, 6) is 0. The van der Waals surface area contributed by atoms with Crippen LogP contribution < -0.4 is 4.40 Å². The lowest BCUT2D eigenvalue weighted by atomic mass is 10.3. The summed E-state index contributed by atoms with van der Waals surface area (Å²) in [7, 11) is 0. The van der Waals surface area contributed by atoms with Gasteiger partial charge in [-0.1, -0.05) is 11.3 Å². The van der Waals surface area contributed by atoms with Crippen molar-refractivity contribution >= 4 is 27.1 Å². The summed E-state index contributed by atoms with van der Waals surface area (Å²) in [5, 5.41) is 3.23. The molecule has 3 aromatic heterocycles. The molecule has 58 valence electrons. The number of pyridine rings is 1. The summed E-state index contributed by atoms with van der Waals surface area (Å²) in [6, 6.07) is 4.11. The fourth-order valence-corrected chi connectivity index (χ4v) is 2.09. The minimum atomic E-state index is 0.936. The van der Waals surface area contributed by atoms with E-state index < -0.39 is 0 Å². The molecule has 0 radical (unpaired) electrons. The van der Waals surface area contributed by atoms with Crippen LogP contribution in [0.1, 0.15) is 0 Å². The molecule has 12 heavy (non-hydrogen) atoms. The van der Waals surface area contributed by atoms with Crippen LogP contribution in [0, 0.1) is 0 Å². The molecule has 0 amide bonds. The Morgan fingerprint density at radius 3 is 3.42 bits per heavy atom. The topological polar surface area (TPSA) is 17.2 Å². The zero-order valence-corrected chi connectivity index (χ0v) is 7.04. The molecule has 0 saturated carbocycles. The number of hydrogen-bond donors (Lipinski definition) is 0. The zero-order valence-electron chi connectivity index (χ0n) is 6.23. The highest BCUT2D eigenvalue weighted by Crippen LogP contribution is 2.16. The fraction of sp³-hybridized carbons (Fsp3) is 0. The van der Waals surface area contributed by atoms with Crippen LogP contribution in [0.4, 0.5) is 0 Å². The monoisotopic (exact) mass is 176 g/mol. The molecule has 0 fully saturated rings. The lowest BCUT2D eigenvalue weighted by molar-refractivity contribution is -0.506. The Kier molecular flexibility index (Phi) is 1.07. The van der Waals surface area contributed by atoms with E-state index in [1.807, 2.05) is 18.5 Å². The lowest BCUT2D eigenvalue weighted by Crippen LogP contribution is -2.15. The molecule has 0 bridgehead atoms. The predicted octanol–water partition coefficient (Wildman–Crippen LogP) is 2.23. The Hall–Kier alpha value is -1.35. The number of rotatable bonds is 0. The molecule has 3 heterocycles. The first kappa shape index (κ1) is 6.20. The van der Waals surface area contributed by atoms with Crippen molar-refractivity contribution in [3.8, 4) is 0 Å². The molecule has 0 aliphatic rings. The van der Waals surface area contributed by atoms with Crippen molar-refractivity contribution < 1.29 is 8.82 Å². The molecular weight excluding hydrogens is 170 g/mol. The summed E-state index contributed by atoms with van der Waals surface area (Å²) in [5.41, 5.74) is 0.936. The van der Waals surface area contributed by atoms with Crippen molar-refractivity contribution in [1.29, 1.82) is 0 Å². The van der Waals surface area contributed by atoms with Crippen LogP contribution in [-0.2, 0) is 0 Å². The molecule has 0 saturated heterocycles. The Bertz CT molecular complexity index is 446. The molecule has 0 atom stereocenters. The normalized spacial score (nSPS) is 11.3. The van der Waals surface area contributed by atoms with Gasteiger partial charge in [0, 0.05) is 11.5 Å². The van der Waals surface area contributed by atoms with Crippen LogP contribution >= 0.6 is 11.3 Å². The summed E-state index contributed by atoms with van der Waals surface area (Å²) in [6.07, 6.45) is 5.75. The third kappa shape index (κ3) is 0.713. The quantitative estimate of drug-likeness (QED) is 0.480. The van der Waals surface area contributed by atoms with Crippen molar-refractivity contribution in [2.45, 2.75) is 0 Å². The molecule has 3 aromatic rings. The molecule has 0 spiro atoms. The van der Waals surface area contributed by atoms with E-state index in [-0.39, 0.29) is 0 Å². The average molecular weight is 176 g/mol. The van der Waals surface area contributed by atoms with Crippen LogP contribution in [0.2, 0.25) is 0 Å². The molecule has 0 aliphatic carbocycles. The largest absolute Gasteiger partial charge is 0.458 e. The van der Waals surface area contributed by atoms with E-state index >= 15 is 0 Å². The third-order valence-electron chi connectivity index (χ3n) is 1.93. The highest BCUT2D eigenvalue weighted by atomic mass is 32.1. The number of thiazole rings is 1. The van der Waals surface area contributed by atoms with E-state index in [4.69, 9.17) is 4.42 Å². The number of nitrogens with zero attached hydrogens (tertiary/aromatic N) is 1. The predicted molar refractivity (Wildman–Crippen MR) is 47.3 cm³/mol. The van der Waals surface area contributed by atoms with Gasteiger partial charge in [-0.05, 0) is 6.07 Å². The fourth-order valence-electron chi connectivity index (χ4n) is 1.33. The Balaban J connectivity index is 2.62. The van der Waals surface area contributed by atoms with E-state index in [1.165, 1.54) is 4.83 Å². The minimum Gasteiger partial charge on any atom is -0.458 e. The van der Waals surface area contributed by atoms with Gasteiger partial charge >= 0.3 is 0 Å². The summed E-state index contributed by atoms with van der Waals surface area (Å²) in [6.45, 7) is 0. The van der Waals surface area contributed by atoms with E-state index in [9.17, 15) is 0 Å². The van der Waals surface area contributed by atoms with Crippen LogP contribution in [0.5, 0.6) is 0 Å². The van der Waals surface area contributed by atoms with Gasteiger partial charge in [0.2, 0.25) is 6.20 Å². The first-order valence-electron chi connectivity index (χ1n) is 3.69. The number of aromatic nitrogens is 1. The smallest absolute Gasteiger partial charge is 0.267 e. The van der Waals surface area contributed by atoms with Gasteiger partial charge < -0.3 is 4.42 Å². The van der Waals surface area contributed by atoms with Gasteiger partial charge in [-0.3, -0.25) is 0 Å². The van der Waals surface area contributed by atoms with Crippen LogP contribution in [0.3, 0.4) is 0 Å². The minimum absolute atomic E-state index is 0.936. The highest BCUT2D eigenvalue weighted by molar-refractivity contribution is 7.15. The van der Waals surface area contributed by atoms with Crippen molar-refractivity contribution in [2.75, 3.05) is 0 Å². The second-order valence-electron chi connectivity index (χ2n) is 2.66. The van der Waals surface area contributed by atoms with Crippen LogP contribution in [0.15, 0.2) is 40.6 Å². The third-order valence-corrected chi connectivity index (χ3v) is 2.76. The van der Waals surface area contributed by atoms with Gasteiger partial charge in [-0.2, -0.15) is 4.40 Å². The second-order valence-corrected chi connectivity index (χ2v) is 3.59. The number of hydrogen-bond acceptors (Lipinski definition) is 2. The maximum absolute atomic E-state index is 5.28. The van der Waals surface area contributed by atoms with Crippen molar-refractivity contribution in [3.63, 3.8) is 0 Å². The maximum atomic E-state index is 5.28. The number of furan rings is 1. The Morgan fingerprint density at radius 1 is 1.42 bits per heavy atom. The SMILES string of the molecule is c1cc2cc3scc[n+]3cc2o1. The van der Waals surface area contributed by atoms with Crippen molar-refractivity contribution in [1.82, 2.24) is 0 Å². The summed E-state index contributed by atoms with van der Waals surface area (Å²) in [4.78, 5) is 1.24. The van der Waals surface area contributed by atoms with Crippen molar-refractivity contribution in [3.05, 3.63) is 36.2 Å². The molecule has 0 unspecified atom stereocenters. The van der Waals surface area contributed by atoms with Crippen LogP contribution in [0.25, 0.3) is 15.8 Å². The van der Waals surface area contributed by atoms with Gasteiger partial charge in [0.15, 0.2) is 11.8 Å². The van der Waals surface area contributed by atoms with Crippen LogP contribution in [-0.4, -0.2) is 0 Å². The molecule has 0 N–H and O–H groups in total. The number of fused-ring (bicyclic) bond motifs is 2. The molecule has 2 nitrogen and oxygen atoms in total. The maximum Gasteiger partial charge on any atom is 0.267 e. The first-order valence-corrected chi connectivity index (χ1v) is 4.57. The standard InChI is InChI=1S/C9H6NOS/c1-3-11-8-6-10-2-4-12-9(10)5-7(1)8/h1-6H/q+1. The second kappa shape index (κ2) is 2.08. The van der Waals surface area contributed by atoms with E-state index in [0.717, 1.165) is 11.0 Å². The van der Waals surface area contributed by atoms with Gasteiger partial charge in [0.05, 0.1) is 11.6 Å². The van der Waals surface area contributed by atoms with Gasteiger partial charge in [-0.15, -0.1) is 0 Å². The molecule has 3 heteroatoms. The van der Waals surface area contributed by atoms with E-state index in [0.29, 0.717) is 0 Å². The molecule has 0 aromatic carbocycles. The Morgan fingerprint density at radius 2 is 2.42 bits per heavy atom. The first-order chi connectivity index (χ1) is 5.93. The van der Waals surface area contributed by atoms with Gasteiger partial charge in [0.25, 0.3) is 4.83 Å². The van der Waals surface area contributed by atoms with Crippen molar-refractivity contribution in [2.24, 2.45) is 0 Å².